The lowest BCUT2D eigenvalue weighted by molar-refractivity contribution is 0.0422. The Hall–Kier alpha value is -3.32. The summed E-state index contributed by atoms with van der Waals surface area (Å²) in [5, 5.41) is 4.72. The number of furan rings is 2. The molecule has 3 heterocycles. The van der Waals surface area contributed by atoms with Gasteiger partial charge in [0.25, 0.3) is 0 Å². The van der Waals surface area contributed by atoms with Gasteiger partial charge in [-0.05, 0) is 25.1 Å². The fraction of sp³-hybridized carbons (Fsp3) is 0.200. The van der Waals surface area contributed by atoms with Crippen LogP contribution in [0.3, 0.4) is 0 Å². The van der Waals surface area contributed by atoms with E-state index >= 15 is 0 Å². The Morgan fingerprint density at radius 2 is 2.00 bits per heavy atom. The first-order valence-electron chi connectivity index (χ1n) is 8.51. The normalized spacial score (nSPS) is 11.1. The van der Waals surface area contributed by atoms with E-state index < -0.39 is 5.97 Å². The highest BCUT2D eigenvalue weighted by Gasteiger charge is 2.22. The predicted octanol–water partition coefficient (Wildman–Crippen LogP) is 4.57. The van der Waals surface area contributed by atoms with Crippen LogP contribution in [0.15, 0.2) is 62.1 Å². The van der Waals surface area contributed by atoms with Gasteiger partial charge < -0.3 is 22.8 Å². The summed E-state index contributed by atoms with van der Waals surface area (Å²) in [7, 11) is 0. The fourth-order valence-electron chi connectivity index (χ4n) is 2.73. The average molecular weight is 367 g/mol. The molecule has 0 atom stereocenters. The summed E-state index contributed by atoms with van der Waals surface area (Å²) in [6.07, 6.45) is 1.54. The quantitative estimate of drug-likeness (QED) is 0.442. The average Bonchev–Trinajstić information content (AvgIpc) is 3.43. The van der Waals surface area contributed by atoms with Gasteiger partial charge in [0.2, 0.25) is 11.5 Å². The van der Waals surface area contributed by atoms with Crippen molar-refractivity contribution in [2.75, 3.05) is 6.61 Å². The van der Waals surface area contributed by atoms with Crippen molar-refractivity contribution in [3.8, 4) is 11.5 Å². The van der Waals surface area contributed by atoms with Gasteiger partial charge in [0.1, 0.15) is 17.9 Å². The van der Waals surface area contributed by atoms with Gasteiger partial charge >= 0.3 is 5.97 Å². The molecule has 1 aromatic carbocycles. The number of para-hydroxylation sites is 1. The maximum atomic E-state index is 12.6. The first-order valence-corrected chi connectivity index (χ1v) is 8.51. The zero-order valence-electron chi connectivity index (χ0n) is 14.6. The van der Waals surface area contributed by atoms with Gasteiger partial charge in [-0.1, -0.05) is 23.4 Å². The van der Waals surface area contributed by atoms with Crippen LogP contribution in [0, 0.1) is 0 Å². The van der Waals surface area contributed by atoms with Crippen LogP contribution in [0.1, 0.15) is 28.7 Å². The Bertz CT molecular complexity index is 1040. The molecule has 0 amide bonds. The number of fused-ring (bicyclic) bond motifs is 1. The zero-order chi connectivity index (χ0) is 18.6. The Morgan fingerprint density at radius 1 is 1.11 bits per heavy atom. The van der Waals surface area contributed by atoms with Crippen molar-refractivity contribution in [2.24, 2.45) is 0 Å². The molecule has 0 saturated carbocycles. The van der Waals surface area contributed by atoms with E-state index in [1.807, 2.05) is 25.1 Å². The molecule has 4 aromatic rings. The number of carbonyl (C=O) groups excluding carboxylic acids is 1. The molecule has 4 rings (SSSR count). The topological polar surface area (TPSA) is 87.8 Å². The summed E-state index contributed by atoms with van der Waals surface area (Å²) in [6, 6.07) is 12.6. The molecule has 7 nitrogen and oxygen atoms in total. The van der Waals surface area contributed by atoms with Crippen molar-refractivity contribution in [1.29, 1.82) is 0 Å². The number of hydrogen-bond acceptors (Lipinski definition) is 7. The third-order valence-corrected chi connectivity index (χ3v) is 4.01. The molecule has 0 radical (unpaired) electrons. The predicted molar refractivity (Wildman–Crippen MR) is 94.9 cm³/mol. The maximum Gasteiger partial charge on any atom is 0.375 e. The number of benzene rings is 1. The molecule has 7 heteroatoms. The number of ether oxygens (including phenoxy) is 2. The minimum absolute atomic E-state index is 0.0475. The molecular formula is C20H17NO6. The van der Waals surface area contributed by atoms with Crippen molar-refractivity contribution in [3.63, 3.8) is 0 Å². The number of nitrogens with zero attached hydrogens (tertiary/aromatic N) is 1. The number of carbonyl (C=O) groups is 1. The molecule has 0 N–H and O–H groups in total. The monoisotopic (exact) mass is 367 g/mol. The molecule has 0 aliphatic heterocycles. The smallest absolute Gasteiger partial charge is 0.375 e. The van der Waals surface area contributed by atoms with Crippen molar-refractivity contribution in [1.82, 2.24) is 5.16 Å². The SMILES string of the molecule is CCOCc1c(C(=O)OCc2cc(-c3ccco3)on2)oc2ccccc12. The fourth-order valence-corrected chi connectivity index (χ4v) is 2.73. The second-order valence-corrected chi connectivity index (χ2v) is 5.78. The van der Waals surface area contributed by atoms with E-state index in [9.17, 15) is 4.79 Å². The number of rotatable bonds is 7. The summed E-state index contributed by atoms with van der Waals surface area (Å²) in [5.41, 5.74) is 1.76. The van der Waals surface area contributed by atoms with Gasteiger partial charge in [-0.3, -0.25) is 0 Å². The van der Waals surface area contributed by atoms with Crippen LogP contribution < -0.4 is 0 Å². The maximum absolute atomic E-state index is 12.6. The van der Waals surface area contributed by atoms with Crippen LogP contribution in [0.25, 0.3) is 22.5 Å². The number of aromatic nitrogens is 1. The highest BCUT2D eigenvalue weighted by Crippen LogP contribution is 2.28. The Balaban J connectivity index is 1.51. The van der Waals surface area contributed by atoms with Gasteiger partial charge in [-0.25, -0.2) is 4.79 Å². The van der Waals surface area contributed by atoms with E-state index in [1.54, 1.807) is 30.5 Å². The minimum atomic E-state index is -0.580. The number of esters is 1. The summed E-state index contributed by atoms with van der Waals surface area (Å²) in [4.78, 5) is 12.6. The van der Waals surface area contributed by atoms with Crippen LogP contribution in [0.2, 0.25) is 0 Å². The first-order chi connectivity index (χ1) is 13.3. The van der Waals surface area contributed by atoms with Crippen LogP contribution in [-0.2, 0) is 22.7 Å². The summed E-state index contributed by atoms with van der Waals surface area (Å²) < 4.78 is 27.0. The molecule has 0 bridgehead atoms. The molecule has 0 saturated heterocycles. The second kappa shape index (κ2) is 7.51. The molecule has 0 spiro atoms. The molecule has 0 aliphatic carbocycles. The lowest BCUT2D eigenvalue weighted by atomic mass is 10.1. The van der Waals surface area contributed by atoms with Crippen LogP contribution >= 0.6 is 0 Å². The van der Waals surface area contributed by atoms with E-state index in [0.29, 0.717) is 35.0 Å². The van der Waals surface area contributed by atoms with Crippen molar-refractivity contribution in [2.45, 2.75) is 20.1 Å². The van der Waals surface area contributed by atoms with Gasteiger partial charge in [0.05, 0.1) is 12.9 Å². The van der Waals surface area contributed by atoms with E-state index in [1.165, 1.54) is 0 Å². The third kappa shape index (κ3) is 3.50. The van der Waals surface area contributed by atoms with Gasteiger partial charge in [0, 0.05) is 23.6 Å². The Morgan fingerprint density at radius 3 is 2.81 bits per heavy atom. The zero-order valence-corrected chi connectivity index (χ0v) is 14.6. The molecule has 27 heavy (non-hydrogen) atoms. The van der Waals surface area contributed by atoms with E-state index in [0.717, 1.165) is 5.39 Å². The van der Waals surface area contributed by atoms with Crippen LogP contribution in [0.4, 0.5) is 0 Å². The van der Waals surface area contributed by atoms with Gasteiger partial charge in [0.15, 0.2) is 5.76 Å². The molecule has 0 fully saturated rings. The molecular weight excluding hydrogens is 350 g/mol. The third-order valence-electron chi connectivity index (χ3n) is 4.01. The van der Waals surface area contributed by atoms with Crippen molar-refractivity contribution >= 4 is 16.9 Å². The highest BCUT2D eigenvalue weighted by molar-refractivity contribution is 5.96. The van der Waals surface area contributed by atoms with Crippen LogP contribution in [0.5, 0.6) is 0 Å². The van der Waals surface area contributed by atoms with E-state index in [2.05, 4.69) is 5.16 Å². The Labute approximate surface area is 154 Å². The molecule has 138 valence electrons. The minimum Gasteiger partial charge on any atom is -0.461 e. The van der Waals surface area contributed by atoms with Crippen molar-refractivity contribution < 1.29 is 27.6 Å². The first kappa shape index (κ1) is 17.1. The number of hydrogen-bond donors (Lipinski definition) is 0. The highest BCUT2D eigenvalue weighted by atomic mass is 16.5. The van der Waals surface area contributed by atoms with E-state index in [4.69, 9.17) is 22.8 Å². The summed E-state index contributed by atoms with van der Waals surface area (Å²) >= 11 is 0. The van der Waals surface area contributed by atoms with Crippen LogP contribution in [-0.4, -0.2) is 17.7 Å². The molecule has 0 aliphatic rings. The molecule has 3 aromatic heterocycles. The van der Waals surface area contributed by atoms with Gasteiger partial charge in [-0.2, -0.15) is 0 Å². The second-order valence-electron chi connectivity index (χ2n) is 5.78. The van der Waals surface area contributed by atoms with Crippen molar-refractivity contribution in [3.05, 3.63) is 65.7 Å². The lowest BCUT2D eigenvalue weighted by Crippen LogP contribution is -2.07. The summed E-state index contributed by atoms with van der Waals surface area (Å²) in [5.74, 6) is 0.575. The largest absolute Gasteiger partial charge is 0.461 e. The summed E-state index contributed by atoms with van der Waals surface area (Å²) in [6.45, 7) is 2.64. The van der Waals surface area contributed by atoms with Gasteiger partial charge in [-0.15, -0.1) is 0 Å². The van der Waals surface area contributed by atoms with E-state index in [-0.39, 0.29) is 19.0 Å². The standard InChI is InChI=1S/C20H17NO6/c1-2-23-12-15-14-6-3-4-7-16(14)26-19(15)20(22)25-11-13-10-18(27-21-13)17-8-5-9-24-17/h3-10H,2,11-12H2,1H3. The lowest BCUT2D eigenvalue weighted by Gasteiger charge is -2.03. The molecule has 0 unspecified atom stereocenters. The Kier molecular flexibility index (Phi) is 4.76.